The summed E-state index contributed by atoms with van der Waals surface area (Å²) in [6.45, 7) is 1.89. The fraction of sp³-hybridized carbons (Fsp3) is 0.0769. The van der Waals surface area contributed by atoms with E-state index in [1.165, 1.54) is 12.1 Å². The van der Waals surface area contributed by atoms with Crippen molar-refractivity contribution in [3.05, 3.63) is 46.3 Å². The molecule has 0 amide bonds. The van der Waals surface area contributed by atoms with E-state index in [0.717, 1.165) is 10.0 Å². The van der Waals surface area contributed by atoms with Gasteiger partial charge < -0.3 is 5.73 Å². The molecule has 1 aromatic carbocycles. The maximum atomic E-state index is 13.4. The number of aromatic nitrogens is 3. The Balaban J connectivity index is 2.36. The summed E-state index contributed by atoms with van der Waals surface area (Å²) >= 11 is 3.34. The number of benzene rings is 1. The molecule has 4 nitrogen and oxygen atoms in total. The van der Waals surface area contributed by atoms with Gasteiger partial charge in [-0.05, 0) is 46.6 Å². The Morgan fingerprint density at radius 3 is 2.89 bits per heavy atom. The molecule has 2 N–H and O–H groups in total. The lowest BCUT2D eigenvalue weighted by Crippen LogP contribution is -2.03. The number of pyridine rings is 1. The van der Waals surface area contributed by atoms with E-state index in [0.29, 0.717) is 16.9 Å². The maximum Gasteiger partial charge on any atom is 0.207 e. The van der Waals surface area contributed by atoms with Gasteiger partial charge in [-0.1, -0.05) is 6.07 Å². The lowest BCUT2D eigenvalue weighted by atomic mass is 10.2. The van der Waals surface area contributed by atoms with Crippen molar-refractivity contribution in [3.63, 3.8) is 0 Å². The number of halogens is 2. The Hall–Kier alpha value is -1.95. The molecule has 2 heterocycles. The molecule has 19 heavy (non-hydrogen) atoms. The number of imidazole rings is 1. The van der Waals surface area contributed by atoms with Gasteiger partial charge in [0.05, 0.1) is 5.69 Å². The van der Waals surface area contributed by atoms with E-state index in [2.05, 4.69) is 25.9 Å². The van der Waals surface area contributed by atoms with Crippen LogP contribution < -0.4 is 5.73 Å². The Kier molecular flexibility index (Phi) is 2.74. The van der Waals surface area contributed by atoms with Crippen LogP contribution >= 0.6 is 15.9 Å². The Morgan fingerprint density at radius 2 is 2.11 bits per heavy atom. The molecule has 0 bridgehead atoms. The average Bonchev–Trinajstić information content (AvgIpc) is 2.67. The van der Waals surface area contributed by atoms with Crippen LogP contribution in [0.15, 0.2) is 34.9 Å². The molecule has 0 fully saturated rings. The highest BCUT2D eigenvalue weighted by molar-refractivity contribution is 9.10. The van der Waals surface area contributed by atoms with Crippen molar-refractivity contribution in [1.82, 2.24) is 14.5 Å². The first-order valence-corrected chi connectivity index (χ1v) is 6.41. The summed E-state index contributed by atoms with van der Waals surface area (Å²) in [7, 11) is 0. The molecule has 0 spiro atoms. The summed E-state index contributed by atoms with van der Waals surface area (Å²) in [4.78, 5) is 8.55. The molecule has 0 aliphatic carbocycles. The molecule has 0 saturated carbocycles. The van der Waals surface area contributed by atoms with Crippen LogP contribution in [-0.2, 0) is 0 Å². The van der Waals surface area contributed by atoms with Crippen molar-refractivity contribution >= 4 is 33.0 Å². The summed E-state index contributed by atoms with van der Waals surface area (Å²) in [5.74, 6) is -0.0340. The summed E-state index contributed by atoms with van der Waals surface area (Å²) in [6, 6.07) is 6.37. The number of aryl methyl sites for hydroxylation is 1. The number of rotatable bonds is 1. The third kappa shape index (κ3) is 1.98. The van der Waals surface area contributed by atoms with E-state index in [4.69, 9.17) is 5.73 Å². The average molecular weight is 321 g/mol. The van der Waals surface area contributed by atoms with Crippen LogP contribution in [0.2, 0.25) is 0 Å². The largest absolute Gasteiger partial charge is 0.369 e. The van der Waals surface area contributed by atoms with Gasteiger partial charge in [0.15, 0.2) is 5.65 Å². The van der Waals surface area contributed by atoms with Gasteiger partial charge in [-0.2, -0.15) is 0 Å². The minimum Gasteiger partial charge on any atom is -0.369 e. The third-order valence-electron chi connectivity index (χ3n) is 2.90. The Labute approximate surface area is 117 Å². The molecule has 0 unspecified atom stereocenters. The Bertz CT molecular complexity index is 782. The SMILES string of the molecule is Cc1ccc(F)cc1-n1c(N)nc2cc(Br)cnc21. The third-order valence-corrected chi connectivity index (χ3v) is 3.34. The molecule has 0 radical (unpaired) electrons. The molecular weight excluding hydrogens is 311 g/mol. The first-order chi connectivity index (χ1) is 9.06. The molecule has 3 aromatic rings. The topological polar surface area (TPSA) is 56.7 Å². The number of hydrogen-bond acceptors (Lipinski definition) is 3. The normalized spacial score (nSPS) is 11.1. The second-order valence-corrected chi connectivity index (χ2v) is 5.15. The number of nitrogen functional groups attached to an aromatic ring is 1. The number of hydrogen-bond donors (Lipinski definition) is 1. The molecule has 96 valence electrons. The minimum absolute atomic E-state index is 0.286. The lowest BCUT2D eigenvalue weighted by Gasteiger charge is -2.09. The summed E-state index contributed by atoms with van der Waals surface area (Å²) in [6.07, 6.45) is 1.66. The van der Waals surface area contributed by atoms with E-state index in [1.54, 1.807) is 16.8 Å². The van der Waals surface area contributed by atoms with Crippen molar-refractivity contribution in [3.8, 4) is 5.69 Å². The molecule has 0 aliphatic heterocycles. The van der Waals surface area contributed by atoms with Gasteiger partial charge >= 0.3 is 0 Å². The monoisotopic (exact) mass is 320 g/mol. The lowest BCUT2D eigenvalue weighted by molar-refractivity contribution is 0.626. The Morgan fingerprint density at radius 1 is 1.32 bits per heavy atom. The van der Waals surface area contributed by atoms with Crippen molar-refractivity contribution < 1.29 is 4.39 Å². The van der Waals surface area contributed by atoms with Gasteiger partial charge in [-0.25, -0.2) is 14.4 Å². The molecule has 0 saturated heterocycles. The van der Waals surface area contributed by atoms with Crippen LogP contribution in [0, 0.1) is 12.7 Å². The van der Waals surface area contributed by atoms with Crippen LogP contribution in [0.25, 0.3) is 16.9 Å². The zero-order valence-electron chi connectivity index (χ0n) is 10.1. The van der Waals surface area contributed by atoms with Gasteiger partial charge in [0.1, 0.15) is 11.3 Å². The summed E-state index contributed by atoms with van der Waals surface area (Å²) < 4.78 is 15.9. The van der Waals surface area contributed by atoms with Gasteiger partial charge in [-0.15, -0.1) is 0 Å². The number of fused-ring (bicyclic) bond motifs is 1. The smallest absolute Gasteiger partial charge is 0.207 e. The van der Waals surface area contributed by atoms with E-state index in [9.17, 15) is 4.39 Å². The zero-order chi connectivity index (χ0) is 13.6. The second kappa shape index (κ2) is 4.31. The fourth-order valence-electron chi connectivity index (χ4n) is 2.02. The van der Waals surface area contributed by atoms with Gasteiger partial charge in [-0.3, -0.25) is 4.57 Å². The molecule has 3 rings (SSSR count). The van der Waals surface area contributed by atoms with Crippen LogP contribution in [-0.4, -0.2) is 14.5 Å². The van der Waals surface area contributed by atoms with E-state index >= 15 is 0 Å². The van der Waals surface area contributed by atoms with Crippen molar-refractivity contribution in [2.75, 3.05) is 5.73 Å². The summed E-state index contributed by atoms with van der Waals surface area (Å²) in [5.41, 5.74) is 8.75. The van der Waals surface area contributed by atoms with Crippen molar-refractivity contribution in [1.29, 1.82) is 0 Å². The standard InChI is InChI=1S/C13H10BrFN4/c1-7-2-3-9(15)5-11(7)19-12-10(18-13(19)16)4-8(14)6-17-12/h2-6H,1H3,(H2,16,18). The van der Waals surface area contributed by atoms with Crippen molar-refractivity contribution in [2.24, 2.45) is 0 Å². The molecule has 2 aromatic heterocycles. The van der Waals surface area contributed by atoms with Crippen LogP contribution in [0.4, 0.5) is 10.3 Å². The van der Waals surface area contributed by atoms with Gasteiger partial charge in [0.25, 0.3) is 0 Å². The first-order valence-electron chi connectivity index (χ1n) is 5.62. The number of nitrogens with zero attached hydrogens (tertiary/aromatic N) is 3. The minimum atomic E-state index is -0.320. The highest BCUT2D eigenvalue weighted by Gasteiger charge is 2.13. The zero-order valence-corrected chi connectivity index (χ0v) is 11.6. The highest BCUT2D eigenvalue weighted by atomic mass is 79.9. The highest BCUT2D eigenvalue weighted by Crippen LogP contribution is 2.25. The van der Waals surface area contributed by atoms with Crippen molar-refractivity contribution in [2.45, 2.75) is 6.92 Å². The fourth-order valence-corrected chi connectivity index (χ4v) is 2.34. The van der Waals surface area contributed by atoms with Gasteiger partial charge in [0.2, 0.25) is 5.95 Å². The maximum absolute atomic E-state index is 13.4. The predicted octanol–water partition coefficient (Wildman–Crippen LogP) is 3.21. The van der Waals surface area contributed by atoms with Crippen LogP contribution in [0.3, 0.4) is 0 Å². The van der Waals surface area contributed by atoms with Crippen LogP contribution in [0.5, 0.6) is 0 Å². The van der Waals surface area contributed by atoms with E-state index < -0.39 is 0 Å². The summed E-state index contributed by atoms with van der Waals surface area (Å²) in [5, 5.41) is 0. The van der Waals surface area contributed by atoms with Gasteiger partial charge in [0, 0.05) is 10.7 Å². The molecule has 0 atom stereocenters. The molecule has 6 heteroatoms. The molecule has 0 aliphatic rings. The first kappa shape index (κ1) is 12.1. The van der Waals surface area contributed by atoms with Crippen LogP contribution in [0.1, 0.15) is 5.56 Å². The van der Waals surface area contributed by atoms with E-state index in [-0.39, 0.29) is 11.8 Å². The number of anilines is 1. The number of nitrogens with two attached hydrogens (primary N) is 1. The second-order valence-electron chi connectivity index (χ2n) is 4.23. The predicted molar refractivity (Wildman–Crippen MR) is 75.7 cm³/mol. The quantitative estimate of drug-likeness (QED) is 0.749. The van der Waals surface area contributed by atoms with E-state index in [1.807, 2.05) is 13.0 Å². The molecular formula is C13H10BrFN4.